The third-order valence-electron chi connectivity index (χ3n) is 5.92. The molecule has 4 rings (SSSR count). The molecular weight excluding hydrogens is 407 g/mol. The van der Waals surface area contributed by atoms with Crippen LogP contribution in [0.2, 0.25) is 0 Å². The minimum atomic E-state index is -0.260. The second kappa shape index (κ2) is 11.3. The van der Waals surface area contributed by atoms with Gasteiger partial charge in [0.1, 0.15) is 11.6 Å². The fourth-order valence-corrected chi connectivity index (χ4v) is 4.32. The van der Waals surface area contributed by atoms with Crippen molar-refractivity contribution in [1.82, 2.24) is 15.5 Å². The average molecular weight is 441 g/mol. The quantitative estimate of drug-likeness (QED) is 0.510. The van der Waals surface area contributed by atoms with Crippen LogP contribution in [0.25, 0.3) is 0 Å². The van der Waals surface area contributed by atoms with Crippen LogP contribution in [-0.4, -0.2) is 49.9 Å². The largest absolute Gasteiger partial charge is 0.467 e. The van der Waals surface area contributed by atoms with Gasteiger partial charge in [-0.2, -0.15) is 0 Å². The molecule has 0 amide bonds. The van der Waals surface area contributed by atoms with Gasteiger partial charge in [-0.15, -0.1) is 0 Å². The monoisotopic (exact) mass is 440 g/mol. The van der Waals surface area contributed by atoms with Crippen LogP contribution >= 0.6 is 0 Å². The second-order valence-electron chi connectivity index (χ2n) is 8.35. The van der Waals surface area contributed by atoms with Crippen LogP contribution in [0.15, 0.2) is 47.5 Å². The molecule has 0 radical (unpaired) electrons. The number of benzene rings is 2. The lowest BCUT2D eigenvalue weighted by Gasteiger charge is -2.33. The normalized spacial score (nSPS) is 17.5. The number of ether oxygens (including phenoxy) is 2. The zero-order valence-electron chi connectivity index (χ0n) is 18.8. The van der Waals surface area contributed by atoms with Crippen molar-refractivity contribution in [2.75, 3.05) is 33.0 Å². The minimum Gasteiger partial charge on any atom is -0.467 e. The Morgan fingerprint density at radius 2 is 2.00 bits per heavy atom. The number of halogens is 1. The number of guanidine groups is 1. The van der Waals surface area contributed by atoms with E-state index in [0.717, 1.165) is 61.9 Å². The molecule has 0 bridgehead atoms. The smallest absolute Gasteiger partial charge is 0.191 e. The molecule has 6 nitrogen and oxygen atoms in total. The molecule has 0 aromatic heterocycles. The van der Waals surface area contributed by atoms with E-state index in [0.29, 0.717) is 25.6 Å². The van der Waals surface area contributed by atoms with Gasteiger partial charge < -0.3 is 20.1 Å². The van der Waals surface area contributed by atoms with E-state index in [1.807, 2.05) is 0 Å². The number of likely N-dealkylation sites (tertiary alicyclic amines) is 1. The summed E-state index contributed by atoms with van der Waals surface area (Å²) in [6.07, 6.45) is 2.79. The maximum atomic E-state index is 14.0. The zero-order valence-corrected chi connectivity index (χ0v) is 18.8. The lowest BCUT2D eigenvalue weighted by atomic mass is 10.0. The van der Waals surface area contributed by atoms with E-state index in [9.17, 15) is 4.39 Å². The van der Waals surface area contributed by atoms with E-state index < -0.39 is 0 Å². The summed E-state index contributed by atoms with van der Waals surface area (Å²) in [4.78, 5) is 7.25. The van der Waals surface area contributed by atoms with Crippen LogP contribution in [0.5, 0.6) is 5.75 Å². The van der Waals surface area contributed by atoms with Crippen LogP contribution in [0, 0.1) is 5.82 Å². The molecule has 1 fully saturated rings. The van der Waals surface area contributed by atoms with Crippen LogP contribution in [0.3, 0.4) is 0 Å². The van der Waals surface area contributed by atoms with Crippen LogP contribution in [0.4, 0.5) is 4.39 Å². The maximum Gasteiger partial charge on any atom is 0.191 e. The first kappa shape index (κ1) is 22.6. The molecule has 0 unspecified atom stereocenters. The molecule has 0 atom stereocenters. The Labute approximate surface area is 189 Å². The van der Waals surface area contributed by atoms with E-state index in [4.69, 9.17) is 14.5 Å². The van der Waals surface area contributed by atoms with E-state index in [-0.39, 0.29) is 12.6 Å². The van der Waals surface area contributed by atoms with Crippen LogP contribution in [0.1, 0.15) is 36.5 Å². The number of nitrogens with zero attached hydrogens (tertiary/aromatic N) is 2. The van der Waals surface area contributed by atoms with Gasteiger partial charge in [0.15, 0.2) is 12.8 Å². The van der Waals surface area contributed by atoms with Gasteiger partial charge in [-0.1, -0.05) is 30.3 Å². The maximum absolute atomic E-state index is 14.0. The highest BCUT2D eigenvalue weighted by Gasteiger charge is 2.20. The molecule has 2 aromatic carbocycles. The van der Waals surface area contributed by atoms with Gasteiger partial charge in [0.05, 0.1) is 6.61 Å². The Morgan fingerprint density at radius 3 is 2.78 bits per heavy atom. The fraction of sp³-hybridized carbons (Fsp3) is 0.480. The van der Waals surface area contributed by atoms with Gasteiger partial charge in [0, 0.05) is 44.3 Å². The predicted octanol–water partition coefficient (Wildman–Crippen LogP) is 3.45. The van der Waals surface area contributed by atoms with Crippen molar-refractivity contribution in [1.29, 1.82) is 0 Å². The first-order valence-electron chi connectivity index (χ1n) is 11.5. The SMILES string of the molecule is CCNC(=NCCc1cc(F)cc2c1OCOC2)NC1CCN(Cc2ccccc2)CC1. The summed E-state index contributed by atoms with van der Waals surface area (Å²) < 4.78 is 24.8. The Hall–Kier alpha value is -2.64. The summed E-state index contributed by atoms with van der Waals surface area (Å²) in [5.74, 6) is 1.31. The van der Waals surface area contributed by atoms with Crippen molar-refractivity contribution in [3.05, 3.63) is 65.0 Å². The molecule has 0 saturated carbocycles. The highest BCUT2D eigenvalue weighted by Crippen LogP contribution is 2.29. The van der Waals surface area contributed by atoms with Crippen molar-refractivity contribution in [2.24, 2.45) is 4.99 Å². The van der Waals surface area contributed by atoms with Crippen molar-refractivity contribution < 1.29 is 13.9 Å². The number of piperidine rings is 1. The Balaban J connectivity index is 1.29. The molecular formula is C25H33FN4O2. The molecule has 7 heteroatoms. The molecule has 2 aliphatic rings. The van der Waals surface area contributed by atoms with E-state index >= 15 is 0 Å². The topological polar surface area (TPSA) is 58.1 Å². The number of fused-ring (bicyclic) bond motifs is 1. The number of rotatable bonds is 7. The number of hydrogen-bond acceptors (Lipinski definition) is 4. The lowest BCUT2D eigenvalue weighted by Crippen LogP contribution is -2.48. The Morgan fingerprint density at radius 1 is 1.19 bits per heavy atom. The second-order valence-corrected chi connectivity index (χ2v) is 8.35. The number of nitrogens with one attached hydrogen (secondary N) is 2. The lowest BCUT2D eigenvalue weighted by molar-refractivity contribution is -0.0172. The Kier molecular flexibility index (Phi) is 7.96. The van der Waals surface area contributed by atoms with Gasteiger partial charge in [-0.3, -0.25) is 9.89 Å². The zero-order chi connectivity index (χ0) is 22.2. The fourth-order valence-electron chi connectivity index (χ4n) is 4.32. The molecule has 0 aliphatic carbocycles. The molecule has 2 heterocycles. The standard InChI is InChI=1S/C25H33FN4O2/c1-2-27-25(28-11-8-20-14-22(26)15-21-17-31-18-32-24(20)21)29-23-9-12-30(13-10-23)16-19-6-4-3-5-7-19/h3-7,14-15,23H,2,8-13,16-18H2,1H3,(H2,27,28,29). The number of hydrogen-bond donors (Lipinski definition) is 2. The molecule has 32 heavy (non-hydrogen) atoms. The highest BCUT2D eigenvalue weighted by molar-refractivity contribution is 5.80. The first-order valence-corrected chi connectivity index (χ1v) is 11.5. The van der Waals surface area contributed by atoms with Crippen molar-refractivity contribution >= 4 is 5.96 Å². The van der Waals surface area contributed by atoms with Crippen molar-refractivity contribution in [2.45, 2.75) is 45.4 Å². The van der Waals surface area contributed by atoms with Gasteiger partial charge in [-0.25, -0.2) is 4.39 Å². The van der Waals surface area contributed by atoms with Crippen molar-refractivity contribution in [3.63, 3.8) is 0 Å². The average Bonchev–Trinajstić information content (AvgIpc) is 2.81. The van der Waals surface area contributed by atoms with Crippen LogP contribution in [-0.2, 0) is 24.3 Å². The molecule has 2 aliphatic heterocycles. The predicted molar refractivity (Wildman–Crippen MR) is 124 cm³/mol. The van der Waals surface area contributed by atoms with Gasteiger partial charge in [0.2, 0.25) is 0 Å². The van der Waals surface area contributed by atoms with Gasteiger partial charge in [0.25, 0.3) is 0 Å². The van der Waals surface area contributed by atoms with Gasteiger partial charge >= 0.3 is 0 Å². The summed E-state index contributed by atoms with van der Waals surface area (Å²) >= 11 is 0. The summed E-state index contributed by atoms with van der Waals surface area (Å²) in [5.41, 5.74) is 2.98. The Bertz CT molecular complexity index is 898. The molecule has 172 valence electrons. The molecule has 2 aromatic rings. The summed E-state index contributed by atoms with van der Waals surface area (Å²) in [7, 11) is 0. The summed E-state index contributed by atoms with van der Waals surface area (Å²) in [6, 6.07) is 14.1. The highest BCUT2D eigenvalue weighted by atomic mass is 19.1. The van der Waals surface area contributed by atoms with Crippen molar-refractivity contribution in [3.8, 4) is 5.75 Å². The summed E-state index contributed by atoms with van der Waals surface area (Å²) in [5, 5.41) is 6.93. The number of aliphatic imine (C=N–C) groups is 1. The van der Waals surface area contributed by atoms with E-state index in [2.05, 4.69) is 52.8 Å². The minimum absolute atomic E-state index is 0.210. The third-order valence-corrected chi connectivity index (χ3v) is 5.92. The van der Waals surface area contributed by atoms with Gasteiger partial charge in [-0.05, 0) is 49.4 Å². The summed E-state index contributed by atoms with van der Waals surface area (Å²) in [6.45, 7) is 7.17. The van der Waals surface area contributed by atoms with Crippen LogP contribution < -0.4 is 15.4 Å². The molecule has 1 saturated heterocycles. The van der Waals surface area contributed by atoms with E-state index in [1.54, 1.807) is 6.07 Å². The first-order chi connectivity index (χ1) is 15.7. The third kappa shape index (κ3) is 6.20. The molecule has 2 N–H and O–H groups in total. The van der Waals surface area contributed by atoms with E-state index in [1.165, 1.54) is 11.6 Å². The molecule has 0 spiro atoms.